The van der Waals surface area contributed by atoms with Gasteiger partial charge in [0.2, 0.25) is 5.91 Å². The highest BCUT2D eigenvalue weighted by molar-refractivity contribution is 5.79. The lowest BCUT2D eigenvalue weighted by Crippen LogP contribution is -2.38. The number of ether oxygens (including phenoxy) is 1. The van der Waals surface area contributed by atoms with Crippen LogP contribution in [0.4, 0.5) is 4.79 Å². The summed E-state index contributed by atoms with van der Waals surface area (Å²) in [5, 5.41) is 0. The highest BCUT2D eigenvalue weighted by Crippen LogP contribution is 2.09. The maximum Gasteiger partial charge on any atom is 0.410 e. The van der Waals surface area contributed by atoms with E-state index in [0.717, 1.165) is 17.5 Å². The Labute approximate surface area is 147 Å². The number of nitrogens with one attached hydrogen (secondary N) is 1. The number of rotatable bonds is 4. The molecule has 0 saturated carbocycles. The number of hydrogen-bond acceptors (Lipinski definition) is 3. The van der Waals surface area contributed by atoms with Gasteiger partial charge in [0.15, 0.2) is 0 Å². The van der Waals surface area contributed by atoms with Crippen LogP contribution in [0.2, 0.25) is 0 Å². The van der Waals surface area contributed by atoms with Crippen molar-refractivity contribution in [2.45, 2.75) is 19.4 Å². The summed E-state index contributed by atoms with van der Waals surface area (Å²) in [5.41, 5.74) is 1.95. The first-order valence-corrected chi connectivity index (χ1v) is 8.57. The predicted octanol–water partition coefficient (Wildman–Crippen LogP) is 2.43. The number of H-pyrrole nitrogens is 1. The minimum Gasteiger partial charge on any atom is -0.445 e. The van der Waals surface area contributed by atoms with Crippen molar-refractivity contribution >= 4 is 12.0 Å². The second kappa shape index (κ2) is 8.37. The molecule has 2 heterocycles. The van der Waals surface area contributed by atoms with Crippen LogP contribution in [0.5, 0.6) is 0 Å². The summed E-state index contributed by atoms with van der Waals surface area (Å²) >= 11 is 0. The van der Waals surface area contributed by atoms with Crippen LogP contribution in [0.25, 0.3) is 0 Å². The molecule has 25 heavy (non-hydrogen) atoms. The van der Waals surface area contributed by atoms with E-state index in [1.54, 1.807) is 4.90 Å². The Bertz CT molecular complexity index is 685. The maximum absolute atomic E-state index is 12.4. The molecule has 2 aromatic rings. The van der Waals surface area contributed by atoms with Gasteiger partial charge in [0.1, 0.15) is 6.61 Å². The van der Waals surface area contributed by atoms with Crippen LogP contribution in [0.1, 0.15) is 17.5 Å². The van der Waals surface area contributed by atoms with Crippen LogP contribution >= 0.6 is 0 Å². The molecule has 6 nitrogen and oxygen atoms in total. The number of aromatic nitrogens is 1. The highest BCUT2D eigenvalue weighted by atomic mass is 16.6. The van der Waals surface area contributed by atoms with E-state index in [-0.39, 0.29) is 18.6 Å². The van der Waals surface area contributed by atoms with Gasteiger partial charge < -0.3 is 19.5 Å². The molecule has 0 unspecified atom stereocenters. The van der Waals surface area contributed by atoms with E-state index < -0.39 is 0 Å². The molecule has 0 spiro atoms. The standard InChI is InChI=1S/C19H23N3O3/c23-18(13-17-7-8-20-14-17)21-9-4-10-22(12-11-21)19(24)25-15-16-5-2-1-3-6-16/h1-3,5-8,14,20H,4,9-13,15H2. The average molecular weight is 341 g/mol. The lowest BCUT2D eigenvalue weighted by Gasteiger charge is -2.22. The fraction of sp³-hybridized carbons (Fsp3) is 0.368. The molecule has 1 saturated heterocycles. The third-order valence-corrected chi connectivity index (χ3v) is 4.33. The quantitative estimate of drug-likeness (QED) is 0.929. The van der Waals surface area contributed by atoms with Gasteiger partial charge in [0.25, 0.3) is 0 Å². The lowest BCUT2D eigenvalue weighted by atomic mass is 10.2. The summed E-state index contributed by atoms with van der Waals surface area (Å²) in [7, 11) is 0. The molecule has 0 aliphatic carbocycles. The Morgan fingerprint density at radius 3 is 2.48 bits per heavy atom. The van der Waals surface area contributed by atoms with Gasteiger partial charge in [-0.25, -0.2) is 4.79 Å². The van der Waals surface area contributed by atoms with Crippen molar-refractivity contribution in [2.75, 3.05) is 26.2 Å². The Balaban J connectivity index is 1.47. The van der Waals surface area contributed by atoms with Gasteiger partial charge in [-0.3, -0.25) is 4.79 Å². The van der Waals surface area contributed by atoms with E-state index >= 15 is 0 Å². The number of amides is 2. The zero-order chi connectivity index (χ0) is 17.5. The van der Waals surface area contributed by atoms with Crippen LogP contribution in [0.15, 0.2) is 48.8 Å². The zero-order valence-corrected chi connectivity index (χ0v) is 14.2. The monoisotopic (exact) mass is 341 g/mol. The van der Waals surface area contributed by atoms with Gasteiger partial charge in [-0.15, -0.1) is 0 Å². The molecule has 132 valence electrons. The van der Waals surface area contributed by atoms with Crippen LogP contribution < -0.4 is 0 Å². The van der Waals surface area contributed by atoms with Gasteiger partial charge in [-0.05, 0) is 23.6 Å². The third kappa shape index (κ3) is 4.86. The van der Waals surface area contributed by atoms with Gasteiger partial charge in [-0.1, -0.05) is 30.3 Å². The smallest absolute Gasteiger partial charge is 0.410 e. The first-order valence-electron chi connectivity index (χ1n) is 8.57. The number of carbonyl (C=O) groups is 2. The normalized spacial score (nSPS) is 14.9. The van der Waals surface area contributed by atoms with E-state index in [0.29, 0.717) is 32.6 Å². The highest BCUT2D eigenvalue weighted by Gasteiger charge is 2.23. The van der Waals surface area contributed by atoms with E-state index in [1.165, 1.54) is 0 Å². The van der Waals surface area contributed by atoms with Gasteiger partial charge in [0, 0.05) is 38.6 Å². The van der Waals surface area contributed by atoms with Gasteiger partial charge in [-0.2, -0.15) is 0 Å². The fourth-order valence-corrected chi connectivity index (χ4v) is 2.91. The minimum absolute atomic E-state index is 0.0964. The van der Waals surface area contributed by atoms with Crippen LogP contribution in [-0.4, -0.2) is 53.0 Å². The number of aromatic amines is 1. The summed E-state index contributed by atoms with van der Waals surface area (Å²) in [6.07, 6.45) is 4.49. The van der Waals surface area contributed by atoms with Gasteiger partial charge >= 0.3 is 6.09 Å². The topological polar surface area (TPSA) is 65.6 Å². The SMILES string of the molecule is O=C(Cc1cc[nH]c1)N1CCCN(C(=O)OCc2ccccc2)CC1. The van der Waals surface area contributed by atoms with Crippen LogP contribution in [-0.2, 0) is 22.6 Å². The number of hydrogen-bond donors (Lipinski definition) is 1. The second-order valence-electron chi connectivity index (χ2n) is 6.16. The van der Waals surface area contributed by atoms with E-state index in [4.69, 9.17) is 4.74 Å². The van der Waals surface area contributed by atoms with E-state index in [1.807, 2.05) is 53.7 Å². The van der Waals surface area contributed by atoms with Crippen molar-refractivity contribution in [3.8, 4) is 0 Å². The zero-order valence-electron chi connectivity index (χ0n) is 14.2. The molecule has 1 aromatic heterocycles. The van der Waals surface area contributed by atoms with Crippen LogP contribution in [0.3, 0.4) is 0 Å². The Kier molecular flexibility index (Phi) is 5.72. The summed E-state index contributed by atoms with van der Waals surface area (Å²) in [6.45, 7) is 2.61. The fourth-order valence-electron chi connectivity index (χ4n) is 2.91. The molecule has 3 rings (SSSR count). The largest absolute Gasteiger partial charge is 0.445 e. The molecule has 1 aliphatic rings. The lowest BCUT2D eigenvalue weighted by molar-refractivity contribution is -0.130. The van der Waals surface area contributed by atoms with E-state index in [9.17, 15) is 9.59 Å². The molecule has 2 amide bonds. The summed E-state index contributed by atoms with van der Waals surface area (Å²) in [6, 6.07) is 11.5. The molecule has 0 bridgehead atoms. The Morgan fingerprint density at radius 1 is 0.960 bits per heavy atom. The average Bonchev–Trinajstić information content (AvgIpc) is 3.01. The van der Waals surface area contributed by atoms with Crippen LogP contribution in [0, 0.1) is 0 Å². The number of carbonyl (C=O) groups excluding carboxylic acids is 2. The maximum atomic E-state index is 12.4. The summed E-state index contributed by atoms with van der Waals surface area (Å²) < 4.78 is 5.38. The number of benzene rings is 1. The minimum atomic E-state index is -0.316. The summed E-state index contributed by atoms with van der Waals surface area (Å²) in [4.78, 5) is 31.1. The first kappa shape index (κ1) is 17.1. The molecule has 1 fully saturated rings. The van der Waals surface area contributed by atoms with Crippen molar-refractivity contribution in [3.63, 3.8) is 0 Å². The van der Waals surface area contributed by atoms with Crippen molar-refractivity contribution in [1.82, 2.24) is 14.8 Å². The second-order valence-corrected chi connectivity index (χ2v) is 6.16. The molecule has 0 radical (unpaired) electrons. The van der Waals surface area contributed by atoms with Crippen molar-refractivity contribution < 1.29 is 14.3 Å². The van der Waals surface area contributed by atoms with E-state index in [2.05, 4.69) is 4.98 Å². The number of nitrogens with zero attached hydrogens (tertiary/aromatic N) is 2. The first-order chi connectivity index (χ1) is 12.2. The molecular weight excluding hydrogens is 318 g/mol. The molecular formula is C19H23N3O3. The summed E-state index contributed by atoms with van der Waals surface area (Å²) in [5.74, 6) is 0.0964. The third-order valence-electron chi connectivity index (χ3n) is 4.33. The van der Waals surface area contributed by atoms with Gasteiger partial charge in [0.05, 0.1) is 6.42 Å². The Hall–Kier alpha value is -2.76. The molecule has 1 N–H and O–H groups in total. The molecule has 0 atom stereocenters. The molecule has 1 aromatic carbocycles. The van der Waals surface area contributed by atoms with Crippen molar-refractivity contribution in [3.05, 3.63) is 59.9 Å². The Morgan fingerprint density at radius 2 is 1.72 bits per heavy atom. The van der Waals surface area contributed by atoms with Crippen molar-refractivity contribution in [2.24, 2.45) is 0 Å². The molecule has 6 heteroatoms. The predicted molar refractivity (Wildman–Crippen MR) is 93.9 cm³/mol. The molecule has 1 aliphatic heterocycles. The van der Waals surface area contributed by atoms with Crippen molar-refractivity contribution in [1.29, 1.82) is 0 Å².